The van der Waals surface area contributed by atoms with E-state index in [1.165, 1.54) is 0 Å². The first-order valence-corrected chi connectivity index (χ1v) is 7.06. The summed E-state index contributed by atoms with van der Waals surface area (Å²) in [7, 11) is 0. The Labute approximate surface area is 130 Å². The zero-order valence-electron chi connectivity index (χ0n) is 13.4. The first-order chi connectivity index (χ1) is 10.2. The van der Waals surface area contributed by atoms with Gasteiger partial charge in [0.2, 0.25) is 0 Å². The molecule has 2 N–H and O–H groups in total. The highest BCUT2D eigenvalue weighted by molar-refractivity contribution is 5.71. The quantitative estimate of drug-likeness (QED) is 0.844. The molecule has 6 nitrogen and oxygen atoms in total. The van der Waals surface area contributed by atoms with Crippen molar-refractivity contribution in [2.45, 2.75) is 45.8 Å². The molecule has 0 fully saturated rings. The highest BCUT2D eigenvalue weighted by Gasteiger charge is 2.21. The van der Waals surface area contributed by atoms with E-state index in [-0.39, 0.29) is 13.0 Å². The maximum absolute atomic E-state index is 11.7. The van der Waals surface area contributed by atoms with E-state index in [4.69, 9.17) is 14.6 Å². The largest absolute Gasteiger partial charge is 0.491 e. The molecule has 0 unspecified atom stereocenters. The number of ether oxygens (including phenoxy) is 2. The molecule has 1 atom stereocenters. The zero-order chi connectivity index (χ0) is 16.8. The Morgan fingerprint density at radius 1 is 1.23 bits per heavy atom. The minimum Gasteiger partial charge on any atom is -0.491 e. The topological polar surface area (TPSA) is 84.9 Å². The number of aryl methyl sites for hydroxylation is 1. The second-order valence-electron chi connectivity index (χ2n) is 6.07. The molecular formula is C16H23NO5. The summed E-state index contributed by atoms with van der Waals surface area (Å²) in [6.07, 6.45) is -0.906. The monoisotopic (exact) mass is 309 g/mol. The summed E-state index contributed by atoms with van der Waals surface area (Å²) in [5.41, 5.74) is 0.455. The highest BCUT2D eigenvalue weighted by atomic mass is 16.6. The molecule has 122 valence electrons. The Hall–Kier alpha value is -2.24. The fourth-order valence-electron chi connectivity index (χ4n) is 1.67. The molecule has 0 saturated heterocycles. The molecule has 22 heavy (non-hydrogen) atoms. The van der Waals surface area contributed by atoms with Crippen molar-refractivity contribution in [3.8, 4) is 5.75 Å². The maximum Gasteiger partial charge on any atom is 0.408 e. The Balaban J connectivity index is 2.58. The van der Waals surface area contributed by atoms with Crippen LogP contribution in [0.15, 0.2) is 24.3 Å². The van der Waals surface area contributed by atoms with Crippen molar-refractivity contribution in [3.05, 3.63) is 29.8 Å². The van der Waals surface area contributed by atoms with Crippen molar-refractivity contribution in [1.82, 2.24) is 5.32 Å². The smallest absolute Gasteiger partial charge is 0.408 e. The van der Waals surface area contributed by atoms with Gasteiger partial charge in [-0.3, -0.25) is 4.79 Å². The lowest BCUT2D eigenvalue weighted by molar-refractivity contribution is -0.137. The van der Waals surface area contributed by atoms with Crippen LogP contribution in [0.2, 0.25) is 0 Å². The minimum atomic E-state index is -1.02. The van der Waals surface area contributed by atoms with Crippen molar-refractivity contribution in [2.75, 3.05) is 6.61 Å². The number of aliphatic carboxylic acids is 1. The van der Waals surface area contributed by atoms with Gasteiger partial charge in [0.1, 0.15) is 18.0 Å². The molecular weight excluding hydrogens is 286 g/mol. The predicted octanol–water partition coefficient (Wildman–Crippen LogP) is 2.74. The van der Waals surface area contributed by atoms with E-state index in [1.54, 1.807) is 32.9 Å². The van der Waals surface area contributed by atoms with Crippen LogP contribution in [0.3, 0.4) is 0 Å². The van der Waals surface area contributed by atoms with E-state index in [0.717, 1.165) is 5.56 Å². The zero-order valence-corrected chi connectivity index (χ0v) is 13.4. The van der Waals surface area contributed by atoms with Crippen LogP contribution in [-0.4, -0.2) is 35.4 Å². The molecule has 0 aliphatic heterocycles. The number of alkyl carbamates (subject to hydrolysis) is 1. The number of carbonyl (C=O) groups excluding carboxylic acids is 1. The highest BCUT2D eigenvalue weighted by Crippen LogP contribution is 2.12. The number of hydrogen-bond acceptors (Lipinski definition) is 4. The molecule has 1 rings (SSSR count). The van der Waals surface area contributed by atoms with Gasteiger partial charge in [-0.25, -0.2) is 4.79 Å². The van der Waals surface area contributed by atoms with Crippen LogP contribution in [0.5, 0.6) is 5.75 Å². The van der Waals surface area contributed by atoms with E-state index in [2.05, 4.69) is 5.32 Å². The van der Waals surface area contributed by atoms with Gasteiger partial charge in [0.15, 0.2) is 0 Å². The average Bonchev–Trinajstić information content (AvgIpc) is 2.34. The molecule has 0 bridgehead atoms. The minimum absolute atomic E-state index is 0.0502. The predicted molar refractivity (Wildman–Crippen MR) is 82.1 cm³/mol. The first-order valence-electron chi connectivity index (χ1n) is 7.06. The number of amides is 1. The van der Waals surface area contributed by atoms with Gasteiger partial charge >= 0.3 is 12.1 Å². The molecule has 0 saturated carbocycles. The number of benzene rings is 1. The molecule has 0 aromatic heterocycles. The van der Waals surface area contributed by atoms with E-state index in [1.807, 2.05) is 19.1 Å². The number of nitrogens with one attached hydrogen (secondary N) is 1. The van der Waals surface area contributed by atoms with Gasteiger partial charge in [-0.15, -0.1) is 0 Å². The second-order valence-corrected chi connectivity index (χ2v) is 6.07. The third kappa shape index (κ3) is 7.52. The molecule has 1 amide bonds. The normalized spacial score (nSPS) is 12.4. The van der Waals surface area contributed by atoms with Gasteiger partial charge < -0.3 is 19.9 Å². The van der Waals surface area contributed by atoms with E-state index >= 15 is 0 Å². The van der Waals surface area contributed by atoms with E-state index in [0.29, 0.717) is 5.75 Å². The lowest BCUT2D eigenvalue weighted by atomic mass is 10.2. The van der Waals surface area contributed by atoms with Crippen LogP contribution in [-0.2, 0) is 9.53 Å². The second kappa shape index (κ2) is 7.68. The number of carboxylic acid groups (broad SMARTS) is 1. The summed E-state index contributed by atoms with van der Waals surface area (Å²) in [5, 5.41) is 11.4. The van der Waals surface area contributed by atoms with Gasteiger partial charge in [0, 0.05) is 0 Å². The summed E-state index contributed by atoms with van der Waals surface area (Å²) in [6, 6.07) is 6.70. The molecule has 0 aliphatic carbocycles. The Morgan fingerprint density at radius 3 is 2.32 bits per heavy atom. The standard InChI is InChI=1S/C16H23NO5/c1-11-5-7-13(8-6-11)21-10-12(9-14(18)19)17-15(20)22-16(2,3)4/h5-8,12H,9-10H2,1-4H3,(H,17,20)(H,18,19)/t12-/m0/s1. The Bertz CT molecular complexity index is 504. The average molecular weight is 309 g/mol. The van der Waals surface area contributed by atoms with Crippen molar-refractivity contribution in [1.29, 1.82) is 0 Å². The van der Waals surface area contributed by atoms with Crippen LogP contribution in [0, 0.1) is 6.92 Å². The number of carboxylic acids is 1. The Morgan fingerprint density at radius 2 is 1.82 bits per heavy atom. The van der Waals surface area contributed by atoms with E-state index in [9.17, 15) is 9.59 Å². The van der Waals surface area contributed by atoms with Crippen LogP contribution in [0.25, 0.3) is 0 Å². The molecule has 1 aromatic carbocycles. The van der Waals surface area contributed by atoms with Crippen LogP contribution in [0.4, 0.5) is 4.79 Å². The number of carbonyl (C=O) groups is 2. The van der Waals surface area contributed by atoms with Crippen molar-refractivity contribution in [3.63, 3.8) is 0 Å². The van der Waals surface area contributed by atoms with Crippen molar-refractivity contribution >= 4 is 12.1 Å². The van der Waals surface area contributed by atoms with E-state index < -0.39 is 23.7 Å². The summed E-state index contributed by atoms with van der Waals surface area (Å²) in [6.45, 7) is 7.22. The van der Waals surface area contributed by atoms with Crippen LogP contribution in [0.1, 0.15) is 32.8 Å². The number of hydrogen-bond donors (Lipinski definition) is 2. The van der Waals surface area contributed by atoms with Crippen molar-refractivity contribution < 1.29 is 24.2 Å². The van der Waals surface area contributed by atoms with Gasteiger partial charge in [-0.05, 0) is 39.8 Å². The molecule has 0 radical (unpaired) electrons. The fourth-order valence-corrected chi connectivity index (χ4v) is 1.67. The summed E-state index contributed by atoms with van der Waals surface area (Å²) < 4.78 is 10.6. The van der Waals surface area contributed by atoms with Crippen LogP contribution < -0.4 is 10.1 Å². The molecule has 0 heterocycles. The SMILES string of the molecule is Cc1ccc(OC[C@H](CC(=O)O)NC(=O)OC(C)(C)C)cc1. The van der Waals surface area contributed by atoms with Gasteiger partial charge in [0.05, 0.1) is 12.5 Å². The molecule has 1 aromatic rings. The fraction of sp³-hybridized carbons (Fsp3) is 0.500. The van der Waals surface area contributed by atoms with Crippen LogP contribution >= 0.6 is 0 Å². The molecule has 6 heteroatoms. The summed E-state index contributed by atoms with van der Waals surface area (Å²) in [4.78, 5) is 22.6. The van der Waals surface area contributed by atoms with Gasteiger partial charge in [-0.1, -0.05) is 17.7 Å². The molecule has 0 aliphatic rings. The summed E-state index contributed by atoms with van der Waals surface area (Å²) in [5.74, 6) is -0.402. The number of rotatable bonds is 6. The third-order valence-corrected chi connectivity index (χ3v) is 2.61. The summed E-state index contributed by atoms with van der Waals surface area (Å²) >= 11 is 0. The maximum atomic E-state index is 11.7. The van der Waals surface area contributed by atoms with Crippen molar-refractivity contribution in [2.24, 2.45) is 0 Å². The van der Waals surface area contributed by atoms with Gasteiger partial charge in [-0.2, -0.15) is 0 Å². The lowest BCUT2D eigenvalue weighted by Gasteiger charge is -2.23. The molecule has 0 spiro atoms. The first kappa shape index (κ1) is 17.8. The lowest BCUT2D eigenvalue weighted by Crippen LogP contribution is -2.43. The Kier molecular flexibility index (Phi) is 6.22. The third-order valence-electron chi connectivity index (χ3n) is 2.61. The van der Waals surface area contributed by atoms with Gasteiger partial charge in [0.25, 0.3) is 0 Å².